The van der Waals surface area contributed by atoms with Crippen LogP contribution < -0.4 is 5.32 Å². The van der Waals surface area contributed by atoms with Crippen LogP contribution in [0.15, 0.2) is 29.6 Å². The molecule has 1 amide bonds. The first-order chi connectivity index (χ1) is 9.49. The zero-order valence-corrected chi connectivity index (χ0v) is 13.4. The Bertz CT molecular complexity index is 599. The summed E-state index contributed by atoms with van der Waals surface area (Å²) in [4.78, 5) is 17.4. The van der Waals surface area contributed by atoms with E-state index in [1.807, 2.05) is 17.5 Å². The van der Waals surface area contributed by atoms with Gasteiger partial charge in [-0.3, -0.25) is 4.79 Å². The number of hydrogen-bond donors (Lipinski definition) is 1. The van der Waals surface area contributed by atoms with Gasteiger partial charge in [0, 0.05) is 4.88 Å². The lowest BCUT2D eigenvalue weighted by molar-refractivity contribution is 0.0921. The molecule has 0 aliphatic carbocycles. The normalized spacial score (nSPS) is 12.4. The van der Waals surface area contributed by atoms with Gasteiger partial charge in [0.25, 0.3) is 5.91 Å². The Hall–Kier alpha value is -1.10. The van der Waals surface area contributed by atoms with Crippen LogP contribution in [0.3, 0.4) is 0 Å². The van der Waals surface area contributed by atoms with Crippen LogP contribution in [-0.4, -0.2) is 10.9 Å². The molecule has 2 rings (SSSR count). The van der Waals surface area contributed by atoms with Crippen LogP contribution >= 0.6 is 34.5 Å². The van der Waals surface area contributed by atoms with E-state index < -0.39 is 0 Å². The predicted octanol–water partition coefficient (Wildman–Crippen LogP) is 4.58. The molecule has 1 N–H and O–H groups in total. The van der Waals surface area contributed by atoms with Crippen molar-refractivity contribution in [3.05, 3.63) is 50.4 Å². The molecule has 20 heavy (non-hydrogen) atoms. The monoisotopic (exact) mass is 328 g/mol. The van der Waals surface area contributed by atoms with E-state index in [9.17, 15) is 4.79 Å². The van der Waals surface area contributed by atoms with Gasteiger partial charge in [-0.05, 0) is 29.5 Å². The van der Waals surface area contributed by atoms with Crippen molar-refractivity contribution in [2.45, 2.75) is 19.9 Å². The molecule has 0 aliphatic rings. The third-order valence-corrected chi connectivity index (χ3v) is 4.30. The van der Waals surface area contributed by atoms with Crippen LogP contribution in [0, 0.1) is 5.92 Å². The van der Waals surface area contributed by atoms with E-state index in [4.69, 9.17) is 23.2 Å². The molecular weight excluding hydrogens is 315 g/mol. The average molecular weight is 329 g/mol. The number of thiophene rings is 1. The lowest BCUT2D eigenvalue weighted by atomic mass is 10.0. The first-order valence-electron chi connectivity index (χ1n) is 6.15. The van der Waals surface area contributed by atoms with E-state index in [1.54, 1.807) is 23.5 Å². The second-order valence-electron chi connectivity index (χ2n) is 4.67. The Morgan fingerprint density at radius 3 is 2.65 bits per heavy atom. The minimum Gasteiger partial charge on any atom is -0.343 e. The number of rotatable bonds is 4. The summed E-state index contributed by atoms with van der Waals surface area (Å²) in [6.07, 6.45) is 0. The fourth-order valence-electron chi connectivity index (χ4n) is 1.82. The summed E-state index contributed by atoms with van der Waals surface area (Å²) >= 11 is 13.4. The van der Waals surface area contributed by atoms with Crippen molar-refractivity contribution in [2.24, 2.45) is 5.92 Å². The molecular formula is C14H14Cl2N2OS. The maximum Gasteiger partial charge on any atom is 0.272 e. The summed E-state index contributed by atoms with van der Waals surface area (Å²) < 4.78 is 0. The molecule has 0 radical (unpaired) electrons. The molecule has 106 valence electrons. The molecule has 1 unspecified atom stereocenters. The quantitative estimate of drug-likeness (QED) is 0.835. The van der Waals surface area contributed by atoms with Crippen molar-refractivity contribution >= 4 is 40.4 Å². The summed E-state index contributed by atoms with van der Waals surface area (Å²) in [5, 5.41) is 5.50. The number of aromatic nitrogens is 1. The molecule has 0 bridgehead atoms. The Kier molecular flexibility index (Phi) is 5.02. The van der Waals surface area contributed by atoms with E-state index >= 15 is 0 Å². The van der Waals surface area contributed by atoms with Gasteiger partial charge in [0.15, 0.2) is 0 Å². The second-order valence-corrected chi connectivity index (χ2v) is 6.45. The highest BCUT2D eigenvalue weighted by molar-refractivity contribution is 7.10. The van der Waals surface area contributed by atoms with Gasteiger partial charge in [0.1, 0.15) is 10.8 Å². The third kappa shape index (κ3) is 3.51. The minimum atomic E-state index is -0.315. The van der Waals surface area contributed by atoms with E-state index in [-0.39, 0.29) is 28.7 Å². The SMILES string of the molecule is CC(C)C(NC(=O)c1nc(Cl)ccc1Cl)c1cccs1. The van der Waals surface area contributed by atoms with Crippen molar-refractivity contribution in [1.29, 1.82) is 0 Å². The first kappa shape index (κ1) is 15.3. The van der Waals surface area contributed by atoms with Crippen LogP contribution in [0.25, 0.3) is 0 Å². The Labute approximate surface area is 131 Å². The van der Waals surface area contributed by atoms with E-state index in [0.29, 0.717) is 5.02 Å². The lowest BCUT2D eigenvalue weighted by Gasteiger charge is -2.21. The van der Waals surface area contributed by atoms with Crippen molar-refractivity contribution in [1.82, 2.24) is 10.3 Å². The number of pyridine rings is 1. The predicted molar refractivity (Wildman–Crippen MR) is 83.6 cm³/mol. The molecule has 0 saturated heterocycles. The van der Waals surface area contributed by atoms with Gasteiger partial charge in [0.2, 0.25) is 0 Å². The van der Waals surface area contributed by atoms with Crippen LogP contribution in [-0.2, 0) is 0 Å². The molecule has 6 heteroatoms. The minimum absolute atomic E-state index is 0.0700. The van der Waals surface area contributed by atoms with Gasteiger partial charge in [-0.1, -0.05) is 43.1 Å². The number of hydrogen-bond acceptors (Lipinski definition) is 3. The van der Waals surface area contributed by atoms with Gasteiger partial charge in [-0.15, -0.1) is 11.3 Å². The van der Waals surface area contributed by atoms with Crippen molar-refractivity contribution in [2.75, 3.05) is 0 Å². The topological polar surface area (TPSA) is 42.0 Å². The summed E-state index contributed by atoms with van der Waals surface area (Å²) in [6.45, 7) is 4.11. The number of nitrogens with zero attached hydrogens (tertiary/aromatic N) is 1. The molecule has 2 aromatic heterocycles. The number of carbonyl (C=O) groups excluding carboxylic acids is 1. The van der Waals surface area contributed by atoms with Crippen LogP contribution in [0.2, 0.25) is 10.2 Å². The van der Waals surface area contributed by atoms with E-state index in [0.717, 1.165) is 4.88 Å². The van der Waals surface area contributed by atoms with Gasteiger partial charge in [-0.25, -0.2) is 4.98 Å². The van der Waals surface area contributed by atoms with Crippen molar-refractivity contribution in [3.63, 3.8) is 0 Å². The Morgan fingerprint density at radius 2 is 2.05 bits per heavy atom. The number of halogens is 2. The van der Waals surface area contributed by atoms with Gasteiger partial charge < -0.3 is 5.32 Å². The van der Waals surface area contributed by atoms with Crippen LogP contribution in [0.4, 0.5) is 0 Å². The summed E-state index contributed by atoms with van der Waals surface area (Å²) in [6, 6.07) is 7.02. The van der Waals surface area contributed by atoms with Crippen molar-refractivity contribution < 1.29 is 4.79 Å². The molecule has 3 nitrogen and oxygen atoms in total. The van der Waals surface area contributed by atoms with E-state index in [1.165, 1.54) is 0 Å². The molecule has 0 spiro atoms. The molecule has 2 heterocycles. The van der Waals surface area contributed by atoms with Gasteiger partial charge >= 0.3 is 0 Å². The Morgan fingerprint density at radius 1 is 1.30 bits per heavy atom. The second kappa shape index (κ2) is 6.57. The number of nitrogens with one attached hydrogen (secondary N) is 1. The van der Waals surface area contributed by atoms with Crippen molar-refractivity contribution in [3.8, 4) is 0 Å². The highest BCUT2D eigenvalue weighted by Gasteiger charge is 2.22. The first-order valence-corrected chi connectivity index (χ1v) is 7.79. The number of carbonyl (C=O) groups is 1. The maximum atomic E-state index is 12.3. The maximum absolute atomic E-state index is 12.3. The Balaban J connectivity index is 2.23. The number of amides is 1. The zero-order chi connectivity index (χ0) is 14.7. The van der Waals surface area contributed by atoms with E-state index in [2.05, 4.69) is 24.1 Å². The molecule has 0 fully saturated rings. The molecule has 0 aromatic carbocycles. The third-order valence-electron chi connectivity index (χ3n) is 2.83. The summed E-state index contributed by atoms with van der Waals surface area (Å²) in [5.74, 6) is -0.0554. The fraction of sp³-hybridized carbons (Fsp3) is 0.286. The standard InChI is InChI=1S/C14H14Cl2N2OS/c1-8(2)12(10-4-3-7-20-10)18-14(19)13-9(15)5-6-11(16)17-13/h3-8,12H,1-2H3,(H,18,19). The summed E-state index contributed by atoms with van der Waals surface area (Å²) in [5.41, 5.74) is 0.154. The molecule has 1 atom stereocenters. The van der Waals surface area contributed by atoms with Gasteiger partial charge in [0.05, 0.1) is 11.1 Å². The zero-order valence-electron chi connectivity index (χ0n) is 11.1. The largest absolute Gasteiger partial charge is 0.343 e. The molecule has 0 aliphatic heterocycles. The highest BCUT2D eigenvalue weighted by atomic mass is 35.5. The lowest BCUT2D eigenvalue weighted by Crippen LogP contribution is -2.32. The molecule has 0 saturated carbocycles. The van der Waals surface area contributed by atoms with Crippen LogP contribution in [0.1, 0.15) is 35.3 Å². The van der Waals surface area contributed by atoms with Crippen LogP contribution in [0.5, 0.6) is 0 Å². The smallest absolute Gasteiger partial charge is 0.272 e. The molecule has 2 aromatic rings. The highest BCUT2D eigenvalue weighted by Crippen LogP contribution is 2.26. The van der Waals surface area contributed by atoms with Gasteiger partial charge in [-0.2, -0.15) is 0 Å². The summed E-state index contributed by atoms with van der Waals surface area (Å²) in [7, 11) is 0. The average Bonchev–Trinajstić information content (AvgIpc) is 2.91. The fourth-order valence-corrected chi connectivity index (χ4v) is 3.11.